The van der Waals surface area contributed by atoms with Crippen LogP contribution < -0.4 is 5.32 Å². The van der Waals surface area contributed by atoms with E-state index in [1.165, 1.54) is 0 Å². The Labute approximate surface area is 101 Å². The van der Waals surface area contributed by atoms with Crippen molar-refractivity contribution in [2.24, 2.45) is 0 Å². The molecule has 0 spiro atoms. The minimum Gasteiger partial charge on any atom is -0.338 e. The molecule has 0 aliphatic carbocycles. The van der Waals surface area contributed by atoms with Gasteiger partial charge in [0.25, 0.3) is 5.91 Å². The summed E-state index contributed by atoms with van der Waals surface area (Å²) in [7, 11) is 0. The molecule has 1 aromatic rings. The van der Waals surface area contributed by atoms with E-state index in [2.05, 4.69) is 11.2 Å². The van der Waals surface area contributed by atoms with Gasteiger partial charge in [-0.2, -0.15) is 0 Å². The molecule has 1 rings (SSSR count). The minimum absolute atomic E-state index is 0.220. The van der Waals surface area contributed by atoms with Crippen molar-refractivity contribution in [2.75, 3.05) is 0 Å². The largest absolute Gasteiger partial charge is 0.338 e. The Bertz CT molecular complexity index is 409. The summed E-state index contributed by atoms with van der Waals surface area (Å²) in [6.45, 7) is 2.02. The predicted octanol–water partition coefficient (Wildman–Crippen LogP) is 2.87. The number of terminal acetylenes is 1. The van der Waals surface area contributed by atoms with E-state index < -0.39 is 0 Å². The topological polar surface area (TPSA) is 29.1 Å². The maximum Gasteiger partial charge on any atom is 0.253 e. The van der Waals surface area contributed by atoms with Gasteiger partial charge < -0.3 is 5.32 Å². The second-order valence-corrected chi connectivity index (χ2v) is 3.87. The number of nitrogens with one attached hydrogen (secondary N) is 1. The molecule has 0 aliphatic heterocycles. The van der Waals surface area contributed by atoms with Crippen molar-refractivity contribution in [2.45, 2.75) is 25.8 Å². The van der Waals surface area contributed by atoms with Crippen LogP contribution in [0.4, 0.5) is 0 Å². The number of carbonyl (C=O) groups is 1. The Morgan fingerprint density at radius 3 is 2.81 bits per heavy atom. The summed E-state index contributed by atoms with van der Waals surface area (Å²) >= 11 is 5.91. The maximum atomic E-state index is 11.8. The normalized spacial score (nSPS) is 11.6. The van der Waals surface area contributed by atoms with Crippen LogP contribution in [-0.4, -0.2) is 11.9 Å². The fraction of sp³-hybridized carbons (Fsp3) is 0.308. The highest BCUT2D eigenvalue weighted by molar-refractivity contribution is 6.33. The smallest absolute Gasteiger partial charge is 0.253 e. The van der Waals surface area contributed by atoms with Crippen LogP contribution in [0.25, 0.3) is 0 Å². The van der Waals surface area contributed by atoms with Crippen LogP contribution in [0.3, 0.4) is 0 Å². The number of benzene rings is 1. The van der Waals surface area contributed by atoms with Gasteiger partial charge in [-0.1, -0.05) is 43.0 Å². The second-order valence-electron chi connectivity index (χ2n) is 3.46. The Morgan fingerprint density at radius 2 is 2.25 bits per heavy atom. The molecule has 1 aromatic carbocycles. The van der Waals surface area contributed by atoms with Crippen LogP contribution in [0.1, 0.15) is 30.1 Å². The van der Waals surface area contributed by atoms with Gasteiger partial charge in [0, 0.05) is 0 Å². The molecule has 0 aliphatic rings. The van der Waals surface area contributed by atoms with Crippen LogP contribution >= 0.6 is 11.6 Å². The number of amides is 1. The van der Waals surface area contributed by atoms with E-state index in [0.717, 1.165) is 12.8 Å². The van der Waals surface area contributed by atoms with Crippen molar-refractivity contribution >= 4 is 17.5 Å². The molecule has 16 heavy (non-hydrogen) atoms. The first kappa shape index (κ1) is 12.6. The summed E-state index contributed by atoms with van der Waals surface area (Å²) in [6, 6.07) is 6.68. The number of hydrogen-bond acceptors (Lipinski definition) is 1. The van der Waals surface area contributed by atoms with Gasteiger partial charge >= 0.3 is 0 Å². The third-order valence-electron chi connectivity index (χ3n) is 2.20. The molecule has 1 N–H and O–H groups in total. The molecule has 0 saturated carbocycles. The first-order valence-corrected chi connectivity index (χ1v) is 5.58. The minimum atomic E-state index is -0.228. The fourth-order valence-corrected chi connectivity index (χ4v) is 1.59. The van der Waals surface area contributed by atoms with Crippen molar-refractivity contribution in [3.63, 3.8) is 0 Å². The molecule has 0 radical (unpaired) electrons. The average Bonchev–Trinajstić information content (AvgIpc) is 2.28. The summed E-state index contributed by atoms with van der Waals surface area (Å²) in [5, 5.41) is 3.20. The summed E-state index contributed by atoms with van der Waals surface area (Å²) in [4.78, 5) is 11.8. The molecule has 1 atom stereocenters. The van der Waals surface area contributed by atoms with Crippen molar-refractivity contribution in [1.82, 2.24) is 5.32 Å². The molecule has 0 fully saturated rings. The Morgan fingerprint density at radius 1 is 1.56 bits per heavy atom. The predicted molar refractivity (Wildman–Crippen MR) is 66.4 cm³/mol. The van der Waals surface area contributed by atoms with Gasteiger partial charge in [-0.15, -0.1) is 6.42 Å². The maximum absolute atomic E-state index is 11.8. The first-order chi connectivity index (χ1) is 7.69. The van der Waals surface area contributed by atoms with Gasteiger partial charge in [0.2, 0.25) is 0 Å². The lowest BCUT2D eigenvalue weighted by Crippen LogP contribution is -2.33. The lowest BCUT2D eigenvalue weighted by Gasteiger charge is -2.12. The molecular formula is C13H14ClNO. The molecule has 3 heteroatoms. The van der Waals surface area contributed by atoms with Gasteiger partial charge in [0.05, 0.1) is 16.6 Å². The van der Waals surface area contributed by atoms with E-state index in [1.54, 1.807) is 24.3 Å². The Balaban J connectivity index is 2.73. The van der Waals surface area contributed by atoms with Crippen molar-refractivity contribution in [1.29, 1.82) is 0 Å². The lowest BCUT2D eigenvalue weighted by atomic mass is 10.1. The van der Waals surface area contributed by atoms with Crippen LogP contribution in [0, 0.1) is 12.3 Å². The number of hydrogen-bond donors (Lipinski definition) is 1. The van der Waals surface area contributed by atoms with E-state index in [9.17, 15) is 4.79 Å². The molecule has 1 amide bonds. The monoisotopic (exact) mass is 235 g/mol. The summed E-state index contributed by atoms with van der Waals surface area (Å²) in [5.74, 6) is 2.33. The molecule has 0 aromatic heterocycles. The Kier molecular flexibility index (Phi) is 4.88. The third kappa shape index (κ3) is 3.29. The highest BCUT2D eigenvalue weighted by atomic mass is 35.5. The van der Waals surface area contributed by atoms with Crippen LogP contribution in [0.5, 0.6) is 0 Å². The van der Waals surface area contributed by atoms with E-state index >= 15 is 0 Å². The standard InChI is InChI=1S/C13H14ClNO/c1-3-7-10(4-2)15-13(16)11-8-5-6-9-12(11)14/h2,5-6,8-10H,3,7H2,1H3,(H,15,16). The van der Waals surface area contributed by atoms with Crippen LogP contribution in [-0.2, 0) is 0 Å². The van der Waals surface area contributed by atoms with E-state index in [-0.39, 0.29) is 11.9 Å². The van der Waals surface area contributed by atoms with Gasteiger partial charge in [-0.25, -0.2) is 0 Å². The summed E-state index contributed by atoms with van der Waals surface area (Å²) < 4.78 is 0. The zero-order chi connectivity index (χ0) is 12.0. The lowest BCUT2D eigenvalue weighted by molar-refractivity contribution is 0.0944. The second kappa shape index (κ2) is 6.19. The van der Waals surface area contributed by atoms with Crippen molar-refractivity contribution in [3.8, 4) is 12.3 Å². The highest BCUT2D eigenvalue weighted by Gasteiger charge is 2.12. The summed E-state index contributed by atoms with van der Waals surface area (Å²) in [5.41, 5.74) is 0.459. The molecule has 84 valence electrons. The number of rotatable bonds is 4. The van der Waals surface area contributed by atoms with Crippen LogP contribution in [0.2, 0.25) is 5.02 Å². The molecule has 0 bridgehead atoms. The Hall–Kier alpha value is -1.46. The average molecular weight is 236 g/mol. The first-order valence-electron chi connectivity index (χ1n) is 5.20. The molecule has 1 unspecified atom stereocenters. The molecular weight excluding hydrogens is 222 g/mol. The van der Waals surface area contributed by atoms with E-state index in [4.69, 9.17) is 18.0 Å². The molecule has 2 nitrogen and oxygen atoms in total. The SMILES string of the molecule is C#CC(CCC)NC(=O)c1ccccc1Cl. The zero-order valence-corrected chi connectivity index (χ0v) is 9.92. The molecule has 0 heterocycles. The van der Waals surface area contributed by atoms with E-state index in [1.807, 2.05) is 6.92 Å². The van der Waals surface area contributed by atoms with E-state index in [0.29, 0.717) is 10.6 Å². The van der Waals surface area contributed by atoms with Crippen molar-refractivity contribution in [3.05, 3.63) is 34.9 Å². The summed E-state index contributed by atoms with van der Waals surface area (Å²) in [6.07, 6.45) is 7.02. The highest BCUT2D eigenvalue weighted by Crippen LogP contribution is 2.14. The third-order valence-corrected chi connectivity index (χ3v) is 2.53. The van der Waals surface area contributed by atoms with Gasteiger partial charge in [-0.3, -0.25) is 4.79 Å². The number of halogens is 1. The quantitative estimate of drug-likeness (QED) is 0.799. The zero-order valence-electron chi connectivity index (χ0n) is 9.16. The van der Waals surface area contributed by atoms with Gasteiger partial charge in [-0.05, 0) is 18.6 Å². The van der Waals surface area contributed by atoms with Crippen LogP contribution in [0.15, 0.2) is 24.3 Å². The number of carbonyl (C=O) groups excluding carboxylic acids is 1. The molecule has 0 saturated heterocycles. The van der Waals surface area contributed by atoms with Crippen molar-refractivity contribution < 1.29 is 4.79 Å². The van der Waals surface area contributed by atoms with Gasteiger partial charge in [0.15, 0.2) is 0 Å². The fourth-order valence-electron chi connectivity index (χ4n) is 1.37. The van der Waals surface area contributed by atoms with Gasteiger partial charge in [0.1, 0.15) is 0 Å².